The van der Waals surface area contributed by atoms with E-state index >= 15 is 0 Å². The molecule has 2 aromatic rings. The van der Waals surface area contributed by atoms with Crippen molar-refractivity contribution in [2.75, 3.05) is 6.61 Å². The molecule has 1 fully saturated rings. The normalized spacial score (nSPS) is 19.0. The Morgan fingerprint density at radius 1 is 1.11 bits per heavy atom. The fourth-order valence-corrected chi connectivity index (χ4v) is 2.93. The summed E-state index contributed by atoms with van der Waals surface area (Å²) in [6.45, 7) is 4.07. The van der Waals surface area contributed by atoms with E-state index in [2.05, 4.69) is 10.7 Å². The lowest BCUT2D eigenvalue weighted by atomic mass is 9.92. The van der Waals surface area contributed by atoms with E-state index < -0.39 is 23.4 Å². The van der Waals surface area contributed by atoms with Crippen molar-refractivity contribution >= 4 is 17.8 Å². The second-order valence-electron chi connectivity index (χ2n) is 6.35. The molecule has 2 N–H and O–H groups in total. The van der Waals surface area contributed by atoms with Gasteiger partial charge in [0.05, 0.1) is 13.0 Å². The van der Waals surface area contributed by atoms with Crippen LogP contribution in [0.2, 0.25) is 0 Å². The van der Waals surface area contributed by atoms with Gasteiger partial charge in [0.2, 0.25) is 5.91 Å². The van der Waals surface area contributed by atoms with Gasteiger partial charge in [-0.2, -0.15) is 5.01 Å². The van der Waals surface area contributed by atoms with E-state index in [0.717, 1.165) is 16.3 Å². The largest absolute Gasteiger partial charge is 0.494 e. The molecule has 1 aliphatic rings. The molecule has 27 heavy (non-hydrogen) atoms. The Labute approximate surface area is 157 Å². The van der Waals surface area contributed by atoms with Crippen LogP contribution in [0.4, 0.5) is 4.79 Å². The lowest BCUT2D eigenvalue weighted by Gasteiger charge is -2.22. The zero-order valence-electron chi connectivity index (χ0n) is 15.2. The van der Waals surface area contributed by atoms with Crippen LogP contribution in [0.25, 0.3) is 0 Å². The van der Waals surface area contributed by atoms with Crippen molar-refractivity contribution in [1.82, 2.24) is 15.8 Å². The van der Waals surface area contributed by atoms with Crippen molar-refractivity contribution in [2.24, 2.45) is 0 Å². The van der Waals surface area contributed by atoms with Gasteiger partial charge in [0.1, 0.15) is 11.3 Å². The van der Waals surface area contributed by atoms with E-state index in [-0.39, 0.29) is 6.42 Å². The molecule has 0 unspecified atom stereocenters. The van der Waals surface area contributed by atoms with Crippen LogP contribution in [0.3, 0.4) is 0 Å². The molecule has 0 aliphatic carbocycles. The fraction of sp³-hybridized carbons (Fsp3) is 0.250. The van der Waals surface area contributed by atoms with E-state index in [1.165, 1.54) is 0 Å². The zero-order valence-corrected chi connectivity index (χ0v) is 15.2. The predicted octanol–water partition coefficient (Wildman–Crippen LogP) is 2.13. The molecule has 2 aromatic carbocycles. The number of hydrogen-bond donors (Lipinski definition) is 2. The quantitative estimate of drug-likeness (QED) is 0.766. The SMILES string of the molecule is CCOc1ccc(CC(=O)NN2C(=O)N[C@@](C)(c3ccccc3)C2=O)cc1. The number of rotatable bonds is 6. The number of carbonyl (C=O) groups excluding carboxylic acids is 3. The maximum atomic E-state index is 12.8. The van der Waals surface area contributed by atoms with Gasteiger partial charge in [-0.3, -0.25) is 15.0 Å². The summed E-state index contributed by atoms with van der Waals surface area (Å²) < 4.78 is 5.36. The molecule has 7 nitrogen and oxygen atoms in total. The summed E-state index contributed by atoms with van der Waals surface area (Å²) >= 11 is 0. The minimum atomic E-state index is -1.22. The number of hydrazine groups is 1. The van der Waals surface area contributed by atoms with Crippen molar-refractivity contribution in [3.05, 3.63) is 65.7 Å². The molecule has 0 spiro atoms. The summed E-state index contributed by atoms with van der Waals surface area (Å²) in [4.78, 5) is 37.3. The first-order valence-corrected chi connectivity index (χ1v) is 8.67. The maximum Gasteiger partial charge on any atom is 0.344 e. The third kappa shape index (κ3) is 3.76. The van der Waals surface area contributed by atoms with Gasteiger partial charge in [-0.25, -0.2) is 4.79 Å². The Bertz CT molecular complexity index is 851. The van der Waals surface area contributed by atoms with Gasteiger partial charge < -0.3 is 10.1 Å². The number of nitrogens with zero attached hydrogens (tertiary/aromatic N) is 1. The number of ether oxygens (including phenoxy) is 1. The number of benzene rings is 2. The monoisotopic (exact) mass is 367 g/mol. The first-order valence-electron chi connectivity index (χ1n) is 8.67. The standard InChI is InChI=1S/C20H21N3O4/c1-3-27-16-11-9-14(10-12-16)13-17(24)22-23-18(25)20(2,21-19(23)26)15-7-5-4-6-8-15/h4-12H,3,13H2,1-2H3,(H,21,26)(H,22,24)/t20-/m0/s1. The lowest BCUT2D eigenvalue weighted by Crippen LogP contribution is -2.48. The average Bonchev–Trinajstić information content (AvgIpc) is 2.88. The van der Waals surface area contributed by atoms with Gasteiger partial charge in [-0.05, 0) is 37.1 Å². The van der Waals surface area contributed by atoms with Crippen LogP contribution in [0.15, 0.2) is 54.6 Å². The van der Waals surface area contributed by atoms with E-state index in [1.54, 1.807) is 55.5 Å². The summed E-state index contributed by atoms with van der Waals surface area (Å²) in [7, 11) is 0. The van der Waals surface area contributed by atoms with Crippen molar-refractivity contribution in [1.29, 1.82) is 0 Å². The van der Waals surface area contributed by atoms with Gasteiger partial charge in [0.15, 0.2) is 0 Å². The topological polar surface area (TPSA) is 87.7 Å². The molecule has 0 radical (unpaired) electrons. The first kappa shape index (κ1) is 18.4. The molecule has 1 aliphatic heterocycles. The molecule has 1 saturated heterocycles. The molecule has 4 amide bonds. The van der Waals surface area contributed by atoms with Crippen LogP contribution >= 0.6 is 0 Å². The summed E-state index contributed by atoms with van der Waals surface area (Å²) in [6, 6.07) is 15.3. The Balaban J connectivity index is 1.67. The van der Waals surface area contributed by atoms with Crippen molar-refractivity contribution in [2.45, 2.75) is 25.8 Å². The highest BCUT2D eigenvalue weighted by Crippen LogP contribution is 2.27. The van der Waals surface area contributed by atoms with E-state index in [1.807, 2.05) is 13.0 Å². The molecule has 0 bridgehead atoms. The highest BCUT2D eigenvalue weighted by molar-refractivity contribution is 6.08. The fourth-order valence-electron chi connectivity index (χ4n) is 2.93. The highest BCUT2D eigenvalue weighted by Gasteiger charge is 2.49. The van der Waals surface area contributed by atoms with Crippen LogP contribution in [0, 0.1) is 0 Å². The van der Waals surface area contributed by atoms with Gasteiger partial charge in [-0.15, -0.1) is 0 Å². The Morgan fingerprint density at radius 2 is 1.78 bits per heavy atom. The van der Waals surface area contributed by atoms with E-state index in [0.29, 0.717) is 12.2 Å². The van der Waals surface area contributed by atoms with Gasteiger partial charge in [-0.1, -0.05) is 42.5 Å². The maximum absolute atomic E-state index is 12.8. The Kier molecular flexibility index (Phi) is 5.12. The number of hydrogen-bond acceptors (Lipinski definition) is 4. The van der Waals surface area contributed by atoms with E-state index in [4.69, 9.17) is 4.74 Å². The summed E-state index contributed by atoms with van der Waals surface area (Å²) in [5.74, 6) is -0.270. The Hall–Kier alpha value is -3.35. The average molecular weight is 367 g/mol. The third-order valence-corrected chi connectivity index (χ3v) is 4.38. The summed E-state index contributed by atoms with van der Waals surface area (Å²) in [6.07, 6.45) is 0.0333. The van der Waals surface area contributed by atoms with Crippen LogP contribution in [-0.2, 0) is 21.5 Å². The molecule has 3 rings (SSSR count). The summed E-state index contributed by atoms with van der Waals surface area (Å²) in [5.41, 5.74) is 2.56. The third-order valence-electron chi connectivity index (χ3n) is 4.38. The van der Waals surface area contributed by atoms with Gasteiger partial charge in [0.25, 0.3) is 5.91 Å². The minimum Gasteiger partial charge on any atom is -0.494 e. The minimum absolute atomic E-state index is 0.0333. The van der Waals surface area contributed by atoms with Crippen molar-refractivity contribution in [3.8, 4) is 5.75 Å². The zero-order chi connectivity index (χ0) is 19.4. The molecule has 140 valence electrons. The summed E-state index contributed by atoms with van der Waals surface area (Å²) in [5, 5.41) is 3.38. The number of imide groups is 1. The lowest BCUT2D eigenvalue weighted by molar-refractivity contribution is -0.138. The molecule has 0 aromatic heterocycles. The predicted molar refractivity (Wildman–Crippen MR) is 98.6 cm³/mol. The van der Waals surface area contributed by atoms with Crippen molar-refractivity contribution < 1.29 is 19.1 Å². The molecular weight excluding hydrogens is 346 g/mol. The Morgan fingerprint density at radius 3 is 2.41 bits per heavy atom. The smallest absolute Gasteiger partial charge is 0.344 e. The molecular formula is C20H21N3O4. The second kappa shape index (κ2) is 7.49. The van der Waals surface area contributed by atoms with Crippen LogP contribution in [-0.4, -0.2) is 29.5 Å². The molecule has 1 atom stereocenters. The molecule has 7 heteroatoms. The molecule has 1 heterocycles. The number of nitrogens with one attached hydrogen (secondary N) is 2. The van der Waals surface area contributed by atoms with Crippen LogP contribution in [0.1, 0.15) is 25.0 Å². The highest BCUT2D eigenvalue weighted by atomic mass is 16.5. The second-order valence-corrected chi connectivity index (χ2v) is 6.35. The first-order chi connectivity index (χ1) is 12.9. The van der Waals surface area contributed by atoms with Gasteiger partial charge >= 0.3 is 6.03 Å². The number of amides is 4. The van der Waals surface area contributed by atoms with Crippen molar-refractivity contribution in [3.63, 3.8) is 0 Å². The number of carbonyl (C=O) groups is 3. The number of urea groups is 1. The van der Waals surface area contributed by atoms with Crippen LogP contribution < -0.4 is 15.5 Å². The van der Waals surface area contributed by atoms with Crippen LogP contribution in [0.5, 0.6) is 5.75 Å². The molecule has 0 saturated carbocycles. The van der Waals surface area contributed by atoms with Gasteiger partial charge in [0, 0.05) is 0 Å². The van der Waals surface area contributed by atoms with E-state index in [9.17, 15) is 14.4 Å².